The van der Waals surface area contributed by atoms with Crippen LogP contribution < -0.4 is 0 Å². The fraction of sp³-hybridized carbons (Fsp3) is 0.909. The highest BCUT2D eigenvalue weighted by molar-refractivity contribution is 6.73. The molecule has 2 fully saturated rings. The van der Waals surface area contributed by atoms with Crippen molar-refractivity contribution >= 4 is 8.32 Å². The highest BCUT2D eigenvalue weighted by Crippen LogP contribution is 2.40. The third-order valence-electron chi connectivity index (χ3n) is 6.71. The molecule has 0 aromatic heterocycles. The first-order valence-electron chi connectivity index (χ1n) is 11.4. The number of hydrogen-bond donors (Lipinski definition) is 1. The molecule has 0 radical (unpaired) electrons. The maximum atomic E-state index is 9.47. The second-order valence-electron chi connectivity index (χ2n) is 8.21. The Morgan fingerprint density at radius 1 is 1.07 bits per heavy atom. The van der Waals surface area contributed by atoms with E-state index in [9.17, 15) is 5.11 Å². The number of aliphatic hydroxyl groups excluding tert-OH is 1. The van der Waals surface area contributed by atoms with Crippen LogP contribution in [0.4, 0.5) is 0 Å². The Morgan fingerprint density at radius 3 is 2.48 bits per heavy atom. The molecule has 0 amide bonds. The van der Waals surface area contributed by atoms with Crippen LogP contribution in [0.15, 0.2) is 12.2 Å². The van der Waals surface area contributed by atoms with Crippen LogP contribution in [-0.2, 0) is 13.9 Å². The van der Waals surface area contributed by atoms with Gasteiger partial charge in [-0.3, -0.25) is 0 Å². The SMILES string of the molecule is CC[Si](CC)(CC)O[C@@H]1CC[C@H](CCO)[C@@H]1/C=C\CCOC1CCCCO1. The highest BCUT2D eigenvalue weighted by atomic mass is 28.4. The molecule has 0 aromatic rings. The lowest BCUT2D eigenvalue weighted by Gasteiger charge is -2.34. The van der Waals surface area contributed by atoms with Crippen molar-refractivity contribution in [2.24, 2.45) is 11.8 Å². The highest BCUT2D eigenvalue weighted by Gasteiger charge is 2.40. The molecule has 2 aliphatic rings. The minimum Gasteiger partial charge on any atom is -0.413 e. The average Bonchev–Trinajstić information content (AvgIpc) is 3.08. The Bertz CT molecular complexity index is 410. The molecule has 1 N–H and O–H groups in total. The van der Waals surface area contributed by atoms with Gasteiger partial charge >= 0.3 is 0 Å². The molecule has 1 saturated heterocycles. The standard InChI is InChI=1S/C22H42O4Si/c1-4-27(5-2,6-3)26-21-14-13-19(15-16-23)20(21)11-7-9-17-24-22-12-8-10-18-25-22/h7,11,19-23H,4-6,8-10,12-18H2,1-3H3/b11-7-/t19-,20+,21-,22?/m1/s1. The number of hydrogen-bond acceptors (Lipinski definition) is 4. The van der Waals surface area contributed by atoms with Crippen molar-refractivity contribution in [1.82, 2.24) is 0 Å². The zero-order valence-electron chi connectivity index (χ0n) is 17.8. The molecule has 1 aliphatic carbocycles. The molecule has 0 aromatic carbocycles. The van der Waals surface area contributed by atoms with Crippen LogP contribution in [0.2, 0.25) is 18.1 Å². The molecule has 0 bridgehead atoms. The topological polar surface area (TPSA) is 47.9 Å². The van der Waals surface area contributed by atoms with Gasteiger partial charge in [0.05, 0.1) is 12.7 Å². The maximum Gasteiger partial charge on any atom is 0.192 e. The lowest BCUT2D eigenvalue weighted by molar-refractivity contribution is -0.161. The minimum atomic E-state index is -1.59. The van der Waals surface area contributed by atoms with Gasteiger partial charge in [-0.1, -0.05) is 32.9 Å². The Balaban J connectivity index is 1.87. The summed E-state index contributed by atoms with van der Waals surface area (Å²) in [4.78, 5) is 0. The molecule has 158 valence electrons. The predicted octanol–water partition coefficient (Wildman–Crippen LogP) is 5.27. The van der Waals surface area contributed by atoms with Gasteiger partial charge < -0.3 is 19.0 Å². The van der Waals surface area contributed by atoms with Crippen molar-refractivity contribution in [3.05, 3.63) is 12.2 Å². The van der Waals surface area contributed by atoms with Crippen LogP contribution in [0.5, 0.6) is 0 Å². The van der Waals surface area contributed by atoms with E-state index in [1.165, 1.54) is 31.0 Å². The van der Waals surface area contributed by atoms with Gasteiger partial charge in [0, 0.05) is 19.1 Å². The smallest absolute Gasteiger partial charge is 0.192 e. The van der Waals surface area contributed by atoms with Gasteiger partial charge in [-0.05, 0) is 69.0 Å². The second-order valence-corrected chi connectivity index (χ2v) is 12.9. The number of rotatable bonds is 12. The first-order chi connectivity index (χ1) is 13.2. The molecular weight excluding hydrogens is 356 g/mol. The summed E-state index contributed by atoms with van der Waals surface area (Å²) < 4.78 is 18.3. The fourth-order valence-corrected chi connectivity index (χ4v) is 7.59. The fourth-order valence-electron chi connectivity index (χ4n) is 4.67. The Morgan fingerprint density at radius 2 is 1.85 bits per heavy atom. The molecule has 5 heteroatoms. The molecule has 1 saturated carbocycles. The van der Waals surface area contributed by atoms with E-state index in [-0.39, 0.29) is 12.9 Å². The van der Waals surface area contributed by atoms with E-state index in [1.54, 1.807) is 0 Å². The summed E-state index contributed by atoms with van der Waals surface area (Å²) in [5.74, 6) is 0.996. The van der Waals surface area contributed by atoms with Gasteiger partial charge in [-0.25, -0.2) is 0 Å². The summed E-state index contributed by atoms with van der Waals surface area (Å²) in [6.45, 7) is 8.74. The monoisotopic (exact) mass is 398 g/mol. The number of ether oxygens (including phenoxy) is 2. The van der Waals surface area contributed by atoms with Crippen LogP contribution in [0.1, 0.15) is 65.7 Å². The van der Waals surface area contributed by atoms with Crippen LogP contribution in [-0.4, -0.2) is 45.6 Å². The van der Waals surface area contributed by atoms with Crippen molar-refractivity contribution in [3.63, 3.8) is 0 Å². The van der Waals surface area contributed by atoms with Crippen molar-refractivity contribution < 1.29 is 19.0 Å². The normalized spacial score (nSPS) is 29.6. The van der Waals surface area contributed by atoms with Gasteiger partial charge in [0.2, 0.25) is 0 Å². The average molecular weight is 399 g/mol. The van der Waals surface area contributed by atoms with Crippen molar-refractivity contribution in [3.8, 4) is 0 Å². The summed E-state index contributed by atoms with van der Waals surface area (Å²) >= 11 is 0. The van der Waals surface area contributed by atoms with Crippen LogP contribution in [0, 0.1) is 11.8 Å². The Hall–Kier alpha value is -0.203. The zero-order valence-corrected chi connectivity index (χ0v) is 18.8. The van der Waals surface area contributed by atoms with E-state index in [1.807, 2.05) is 0 Å². The summed E-state index contributed by atoms with van der Waals surface area (Å²) in [6.07, 6.45) is 12.5. The summed E-state index contributed by atoms with van der Waals surface area (Å²) in [5.41, 5.74) is 0. The molecule has 4 atom stereocenters. The molecule has 1 heterocycles. The molecule has 27 heavy (non-hydrogen) atoms. The third kappa shape index (κ3) is 6.97. The first-order valence-corrected chi connectivity index (χ1v) is 13.9. The second kappa shape index (κ2) is 12.4. The van der Waals surface area contributed by atoms with E-state index >= 15 is 0 Å². The lowest BCUT2D eigenvalue weighted by Crippen LogP contribution is -2.41. The van der Waals surface area contributed by atoms with Crippen LogP contribution in [0.25, 0.3) is 0 Å². The van der Waals surface area contributed by atoms with Crippen LogP contribution in [0.3, 0.4) is 0 Å². The third-order valence-corrected chi connectivity index (χ3v) is 11.4. The molecule has 1 unspecified atom stereocenters. The lowest BCUT2D eigenvalue weighted by atomic mass is 9.91. The maximum absolute atomic E-state index is 9.47. The summed E-state index contributed by atoms with van der Waals surface area (Å²) in [6, 6.07) is 3.60. The molecular formula is C22H42O4Si. The van der Waals surface area contributed by atoms with Crippen molar-refractivity contribution in [2.75, 3.05) is 19.8 Å². The Kier molecular flexibility index (Phi) is 10.6. The largest absolute Gasteiger partial charge is 0.413 e. The van der Waals surface area contributed by atoms with Crippen molar-refractivity contribution in [1.29, 1.82) is 0 Å². The van der Waals surface area contributed by atoms with Gasteiger partial charge in [0.15, 0.2) is 14.6 Å². The van der Waals surface area contributed by atoms with E-state index in [2.05, 4.69) is 32.9 Å². The van der Waals surface area contributed by atoms with E-state index in [0.717, 1.165) is 45.3 Å². The van der Waals surface area contributed by atoms with Crippen LogP contribution >= 0.6 is 0 Å². The summed E-state index contributed by atoms with van der Waals surface area (Å²) in [5, 5.41) is 9.47. The van der Waals surface area contributed by atoms with Gasteiger partial charge in [0.25, 0.3) is 0 Å². The molecule has 1 aliphatic heterocycles. The van der Waals surface area contributed by atoms with Crippen molar-refractivity contribution in [2.45, 2.75) is 96.2 Å². The minimum absolute atomic E-state index is 0.00197. The van der Waals surface area contributed by atoms with E-state index in [0.29, 0.717) is 17.9 Å². The molecule has 0 spiro atoms. The zero-order chi connectivity index (χ0) is 19.5. The van der Waals surface area contributed by atoms with Gasteiger partial charge in [-0.15, -0.1) is 0 Å². The molecule has 4 nitrogen and oxygen atoms in total. The Labute approximate surface area is 167 Å². The van der Waals surface area contributed by atoms with E-state index < -0.39 is 8.32 Å². The first kappa shape index (κ1) is 23.1. The summed E-state index contributed by atoms with van der Waals surface area (Å²) in [7, 11) is -1.59. The van der Waals surface area contributed by atoms with Gasteiger partial charge in [0.1, 0.15) is 0 Å². The van der Waals surface area contributed by atoms with E-state index in [4.69, 9.17) is 13.9 Å². The number of aliphatic hydroxyl groups is 1. The van der Waals surface area contributed by atoms with Gasteiger partial charge in [-0.2, -0.15) is 0 Å². The predicted molar refractivity (Wildman–Crippen MR) is 113 cm³/mol. The quantitative estimate of drug-likeness (QED) is 0.276. The molecule has 2 rings (SSSR count).